The SMILES string of the molecule is COc1ccc(Cl)cc1NC(=O)COC(=O)c1ccc2ccccc2c1O. The van der Waals surface area contributed by atoms with E-state index in [0.717, 1.165) is 5.39 Å². The van der Waals surface area contributed by atoms with Crippen LogP contribution in [0.4, 0.5) is 5.69 Å². The Labute approximate surface area is 160 Å². The fourth-order valence-corrected chi connectivity index (χ4v) is 2.76. The molecule has 0 unspecified atom stereocenters. The summed E-state index contributed by atoms with van der Waals surface area (Å²) in [5.74, 6) is -1.13. The molecule has 0 aliphatic rings. The van der Waals surface area contributed by atoms with E-state index in [-0.39, 0.29) is 11.3 Å². The molecule has 3 rings (SSSR count). The number of carbonyl (C=O) groups is 2. The minimum atomic E-state index is -0.800. The van der Waals surface area contributed by atoms with Gasteiger partial charge in [-0.15, -0.1) is 0 Å². The van der Waals surface area contributed by atoms with Crippen LogP contribution in [0.15, 0.2) is 54.6 Å². The summed E-state index contributed by atoms with van der Waals surface area (Å²) in [6.45, 7) is -0.527. The van der Waals surface area contributed by atoms with Crippen molar-refractivity contribution in [2.24, 2.45) is 0 Å². The Morgan fingerprint density at radius 3 is 2.67 bits per heavy atom. The summed E-state index contributed by atoms with van der Waals surface area (Å²) < 4.78 is 10.1. The zero-order valence-corrected chi connectivity index (χ0v) is 15.1. The number of phenolic OH excluding ortho intramolecular Hbond substituents is 1. The molecule has 0 bridgehead atoms. The van der Waals surface area contributed by atoms with Gasteiger partial charge >= 0.3 is 5.97 Å². The first-order valence-electron chi connectivity index (χ1n) is 8.01. The molecule has 6 nitrogen and oxygen atoms in total. The highest BCUT2D eigenvalue weighted by Gasteiger charge is 2.17. The lowest BCUT2D eigenvalue weighted by Gasteiger charge is -2.11. The predicted molar refractivity (Wildman–Crippen MR) is 103 cm³/mol. The van der Waals surface area contributed by atoms with E-state index in [1.54, 1.807) is 30.3 Å². The fourth-order valence-electron chi connectivity index (χ4n) is 2.59. The summed E-state index contributed by atoms with van der Waals surface area (Å²) in [6, 6.07) is 15.0. The molecule has 2 N–H and O–H groups in total. The van der Waals surface area contributed by atoms with Crippen molar-refractivity contribution in [3.05, 3.63) is 65.2 Å². The Hall–Kier alpha value is -3.25. The maximum Gasteiger partial charge on any atom is 0.342 e. The Bertz CT molecular complexity index is 1020. The van der Waals surface area contributed by atoms with Gasteiger partial charge in [-0.2, -0.15) is 0 Å². The number of methoxy groups -OCH3 is 1. The average Bonchev–Trinajstić information content (AvgIpc) is 2.67. The molecule has 0 heterocycles. The van der Waals surface area contributed by atoms with Crippen LogP contribution in [-0.4, -0.2) is 30.7 Å². The van der Waals surface area contributed by atoms with Crippen LogP contribution in [0.3, 0.4) is 0 Å². The number of fused-ring (bicyclic) bond motifs is 1. The van der Waals surface area contributed by atoms with Gasteiger partial charge in [0.05, 0.1) is 12.8 Å². The van der Waals surface area contributed by atoms with E-state index >= 15 is 0 Å². The summed E-state index contributed by atoms with van der Waals surface area (Å²) in [5, 5.41) is 14.6. The van der Waals surface area contributed by atoms with Crippen molar-refractivity contribution in [3.8, 4) is 11.5 Å². The molecule has 1 amide bonds. The second kappa shape index (κ2) is 7.97. The van der Waals surface area contributed by atoms with Crippen LogP contribution >= 0.6 is 11.6 Å². The molecule has 7 heteroatoms. The maximum absolute atomic E-state index is 12.2. The third kappa shape index (κ3) is 4.12. The molecule has 0 atom stereocenters. The van der Waals surface area contributed by atoms with E-state index in [0.29, 0.717) is 21.8 Å². The number of ether oxygens (including phenoxy) is 2. The predicted octanol–water partition coefficient (Wildman–Crippen LogP) is 4.00. The maximum atomic E-state index is 12.2. The molecule has 0 fully saturated rings. The molecular formula is C20H16ClNO5. The van der Waals surface area contributed by atoms with Crippen molar-refractivity contribution in [1.29, 1.82) is 0 Å². The number of benzene rings is 3. The molecule has 0 aromatic heterocycles. The monoisotopic (exact) mass is 385 g/mol. The van der Waals surface area contributed by atoms with Gasteiger partial charge in [0.2, 0.25) is 0 Å². The lowest BCUT2D eigenvalue weighted by Crippen LogP contribution is -2.21. The highest BCUT2D eigenvalue weighted by Crippen LogP contribution is 2.29. The van der Waals surface area contributed by atoms with E-state index in [4.69, 9.17) is 21.1 Å². The number of aromatic hydroxyl groups is 1. The number of rotatable bonds is 5. The van der Waals surface area contributed by atoms with Gasteiger partial charge in [-0.25, -0.2) is 4.79 Å². The smallest absolute Gasteiger partial charge is 0.342 e. The van der Waals surface area contributed by atoms with Crippen molar-refractivity contribution in [2.45, 2.75) is 0 Å². The van der Waals surface area contributed by atoms with Crippen molar-refractivity contribution in [1.82, 2.24) is 0 Å². The van der Waals surface area contributed by atoms with Gasteiger partial charge in [-0.3, -0.25) is 4.79 Å². The van der Waals surface area contributed by atoms with E-state index in [1.807, 2.05) is 12.1 Å². The molecule has 27 heavy (non-hydrogen) atoms. The van der Waals surface area contributed by atoms with Gasteiger partial charge in [0.15, 0.2) is 6.61 Å². The molecule has 0 saturated carbocycles. The van der Waals surface area contributed by atoms with Gasteiger partial charge in [-0.05, 0) is 29.7 Å². The first-order chi connectivity index (χ1) is 13.0. The highest BCUT2D eigenvalue weighted by atomic mass is 35.5. The van der Waals surface area contributed by atoms with Crippen molar-refractivity contribution < 1.29 is 24.2 Å². The number of carbonyl (C=O) groups excluding carboxylic acids is 2. The van der Waals surface area contributed by atoms with Crippen molar-refractivity contribution in [3.63, 3.8) is 0 Å². The van der Waals surface area contributed by atoms with Crippen LogP contribution in [0, 0.1) is 0 Å². The summed E-state index contributed by atoms with van der Waals surface area (Å²) in [5.41, 5.74) is 0.349. The first kappa shape index (κ1) is 18.5. The van der Waals surface area contributed by atoms with Gasteiger partial charge in [0, 0.05) is 10.4 Å². The van der Waals surface area contributed by atoms with E-state index in [1.165, 1.54) is 19.2 Å². The van der Waals surface area contributed by atoms with E-state index in [9.17, 15) is 14.7 Å². The standard InChI is InChI=1S/C20H16ClNO5/c1-26-17-9-7-13(21)10-16(17)22-18(23)11-27-20(25)15-8-6-12-4-2-3-5-14(12)19(15)24/h2-10,24H,11H2,1H3,(H,22,23). The second-order valence-corrected chi connectivity index (χ2v) is 6.09. The van der Waals surface area contributed by atoms with Gasteiger partial charge in [0.25, 0.3) is 5.91 Å². The largest absolute Gasteiger partial charge is 0.506 e. The van der Waals surface area contributed by atoms with Crippen LogP contribution in [-0.2, 0) is 9.53 Å². The molecular weight excluding hydrogens is 370 g/mol. The normalized spacial score (nSPS) is 10.4. The van der Waals surface area contributed by atoms with Crippen LogP contribution in [0.25, 0.3) is 10.8 Å². The van der Waals surface area contributed by atoms with E-state index < -0.39 is 18.5 Å². The number of phenols is 1. The number of amides is 1. The van der Waals surface area contributed by atoms with Crippen LogP contribution in [0.5, 0.6) is 11.5 Å². The number of anilines is 1. The van der Waals surface area contributed by atoms with Gasteiger partial charge in [-0.1, -0.05) is 41.9 Å². The Morgan fingerprint density at radius 1 is 1.11 bits per heavy atom. The van der Waals surface area contributed by atoms with Crippen molar-refractivity contribution >= 4 is 39.9 Å². The fraction of sp³-hybridized carbons (Fsp3) is 0.100. The molecule has 138 valence electrons. The van der Waals surface area contributed by atoms with E-state index in [2.05, 4.69) is 5.32 Å². The quantitative estimate of drug-likeness (QED) is 0.648. The van der Waals surface area contributed by atoms with Crippen LogP contribution < -0.4 is 10.1 Å². The summed E-state index contributed by atoms with van der Waals surface area (Å²) in [4.78, 5) is 24.3. The minimum absolute atomic E-state index is 0.0122. The molecule has 3 aromatic rings. The highest BCUT2D eigenvalue weighted by molar-refractivity contribution is 6.31. The summed E-state index contributed by atoms with van der Waals surface area (Å²) in [6.07, 6.45) is 0. The Balaban J connectivity index is 1.68. The summed E-state index contributed by atoms with van der Waals surface area (Å²) in [7, 11) is 1.46. The lowest BCUT2D eigenvalue weighted by atomic mass is 10.1. The number of hydrogen-bond acceptors (Lipinski definition) is 5. The topological polar surface area (TPSA) is 84.9 Å². The molecule has 0 saturated heterocycles. The van der Waals surface area contributed by atoms with Crippen LogP contribution in [0.1, 0.15) is 10.4 Å². The molecule has 3 aromatic carbocycles. The zero-order chi connectivity index (χ0) is 19.4. The molecule has 0 radical (unpaired) electrons. The third-order valence-electron chi connectivity index (χ3n) is 3.89. The van der Waals surface area contributed by atoms with Crippen LogP contribution in [0.2, 0.25) is 5.02 Å². The van der Waals surface area contributed by atoms with Crippen molar-refractivity contribution in [2.75, 3.05) is 19.0 Å². The summed E-state index contributed by atoms with van der Waals surface area (Å²) >= 11 is 5.91. The minimum Gasteiger partial charge on any atom is -0.506 e. The number of hydrogen-bond donors (Lipinski definition) is 2. The molecule has 0 aliphatic heterocycles. The second-order valence-electron chi connectivity index (χ2n) is 5.65. The lowest BCUT2D eigenvalue weighted by molar-refractivity contribution is -0.119. The number of nitrogens with one attached hydrogen (secondary N) is 1. The first-order valence-corrected chi connectivity index (χ1v) is 8.38. The number of esters is 1. The Kier molecular flexibility index (Phi) is 5.47. The van der Waals surface area contributed by atoms with Gasteiger partial charge in [0.1, 0.15) is 17.1 Å². The molecule has 0 spiro atoms. The average molecular weight is 386 g/mol. The number of halogens is 1. The molecule has 0 aliphatic carbocycles. The zero-order valence-electron chi connectivity index (χ0n) is 14.4. The third-order valence-corrected chi connectivity index (χ3v) is 4.13. The van der Waals surface area contributed by atoms with Gasteiger partial charge < -0.3 is 19.9 Å². The Morgan fingerprint density at radius 2 is 1.89 bits per heavy atom.